The molecular weight excluding hydrogens is 208 g/mol. The molecule has 1 heteroatoms. The quantitative estimate of drug-likeness (QED) is 0.843. The van der Waals surface area contributed by atoms with E-state index >= 15 is 0 Å². The zero-order valence-corrected chi connectivity index (χ0v) is 10.1. The number of rotatable bonds is 3. The van der Waals surface area contributed by atoms with Crippen molar-refractivity contribution < 1.29 is 5.11 Å². The Morgan fingerprint density at radius 1 is 1.06 bits per heavy atom. The van der Waals surface area contributed by atoms with E-state index in [2.05, 4.69) is 24.3 Å². The van der Waals surface area contributed by atoms with Crippen LogP contribution in [-0.2, 0) is 6.42 Å². The molecule has 0 aromatic heterocycles. The molecule has 1 nitrogen and oxygen atoms in total. The van der Waals surface area contributed by atoms with Crippen molar-refractivity contribution >= 4 is 0 Å². The molecular formula is C16H20O. The number of aliphatic hydroxyl groups is 1. The maximum atomic E-state index is 10.4. The minimum absolute atomic E-state index is 0.0872. The van der Waals surface area contributed by atoms with Gasteiger partial charge < -0.3 is 5.11 Å². The van der Waals surface area contributed by atoms with Crippen LogP contribution in [0.1, 0.15) is 24.8 Å². The lowest BCUT2D eigenvalue weighted by Gasteiger charge is -2.15. The molecule has 3 aliphatic rings. The number of fused-ring (bicyclic) bond motifs is 5. The number of hydrogen-bond donors (Lipinski definition) is 1. The highest BCUT2D eigenvalue weighted by Gasteiger charge is 2.66. The first-order valence-corrected chi connectivity index (χ1v) is 7.06. The number of benzene rings is 1. The van der Waals surface area contributed by atoms with Gasteiger partial charge in [0.05, 0.1) is 6.10 Å². The van der Waals surface area contributed by atoms with Gasteiger partial charge in [0.2, 0.25) is 0 Å². The van der Waals surface area contributed by atoms with Crippen molar-refractivity contribution in [2.75, 3.05) is 0 Å². The maximum Gasteiger partial charge on any atom is 0.0614 e. The molecule has 0 heterocycles. The lowest BCUT2D eigenvalue weighted by Crippen LogP contribution is -2.18. The fourth-order valence-electron chi connectivity index (χ4n) is 4.90. The lowest BCUT2D eigenvalue weighted by molar-refractivity contribution is 0.129. The van der Waals surface area contributed by atoms with Crippen LogP contribution in [0.15, 0.2) is 30.3 Å². The van der Waals surface area contributed by atoms with Crippen LogP contribution in [0.2, 0.25) is 0 Å². The van der Waals surface area contributed by atoms with E-state index in [-0.39, 0.29) is 6.10 Å². The molecule has 2 bridgehead atoms. The molecule has 0 spiro atoms. The van der Waals surface area contributed by atoms with Crippen LogP contribution in [0.3, 0.4) is 0 Å². The number of aliphatic hydroxyl groups excluding tert-OH is 1. The maximum absolute atomic E-state index is 10.4. The lowest BCUT2D eigenvalue weighted by atomic mass is 9.95. The van der Waals surface area contributed by atoms with Crippen molar-refractivity contribution in [2.45, 2.75) is 31.8 Å². The average molecular weight is 228 g/mol. The predicted molar refractivity (Wildman–Crippen MR) is 67.5 cm³/mol. The van der Waals surface area contributed by atoms with Crippen LogP contribution >= 0.6 is 0 Å². The molecule has 0 saturated heterocycles. The first-order valence-electron chi connectivity index (χ1n) is 7.06. The largest absolute Gasteiger partial charge is 0.392 e. The van der Waals surface area contributed by atoms with Crippen LogP contribution in [0.25, 0.3) is 0 Å². The summed E-state index contributed by atoms with van der Waals surface area (Å²) in [7, 11) is 0. The van der Waals surface area contributed by atoms with Crippen LogP contribution in [0, 0.1) is 29.6 Å². The van der Waals surface area contributed by atoms with Gasteiger partial charge in [-0.2, -0.15) is 0 Å². The summed E-state index contributed by atoms with van der Waals surface area (Å²) in [4.78, 5) is 0. The highest BCUT2D eigenvalue weighted by Crippen LogP contribution is 2.70. The molecule has 1 aromatic rings. The Morgan fingerprint density at radius 3 is 2.35 bits per heavy atom. The summed E-state index contributed by atoms with van der Waals surface area (Å²) in [5.41, 5.74) is 1.29. The Bertz CT molecular complexity index is 397. The average Bonchev–Trinajstić information content (AvgIpc) is 2.80. The van der Waals surface area contributed by atoms with Gasteiger partial charge in [0, 0.05) is 0 Å². The SMILES string of the molecule is OC(Cc1ccccc1)C1C2C3CCC(C3)C12. The van der Waals surface area contributed by atoms with E-state index in [1.807, 2.05) is 6.07 Å². The summed E-state index contributed by atoms with van der Waals surface area (Å²) in [5, 5.41) is 10.4. The standard InChI is InChI=1S/C16H20O/c17-13(8-10-4-2-1-3-5-10)16-14-11-6-7-12(9-11)15(14)16/h1-5,11-17H,6-9H2. The minimum Gasteiger partial charge on any atom is -0.392 e. The molecule has 4 rings (SSSR count). The van der Waals surface area contributed by atoms with Gasteiger partial charge >= 0.3 is 0 Å². The third kappa shape index (κ3) is 1.48. The summed E-state index contributed by atoms with van der Waals surface area (Å²) in [6, 6.07) is 10.5. The molecule has 5 atom stereocenters. The Hall–Kier alpha value is -0.820. The van der Waals surface area contributed by atoms with Gasteiger partial charge in [-0.25, -0.2) is 0 Å². The molecule has 0 radical (unpaired) electrons. The Kier molecular flexibility index (Phi) is 2.14. The molecule has 1 aromatic carbocycles. The predicted octanol–water partition coefficient (Wildman–Crippen LogP) is 2.88. The monoisotopic (exact) mass is 228 g/mol. The van der Waals surface area contributed by atoms with Gasteiger partial charge in [0.25, 0.3) is 0 Å². The van der Waals surface area contributed by atoms with E-state index in [1.54, 1.807) is 0 Å². The van der Waals surface area contributed by atoms with Crippen molar-refractivity contribution in [3.05, 3.63) is 35.9 Å². The molecule has 0 aliphatic heterocycles. The summed E-state index contributed by atoms with van der Waals surface area (Å²) >= 11 is 0. The third-order valence-corrected chi connectivity index (χ3v) is 5.53. The highest BCUT2D eigenvalue weighted by atomic mass is 16.3. The fourth-order valence-corrected chi connectivity index (χ4v) is 4.90. The normalized spacial score (nSPS) is 43.5. The number of hydrogen-bond acceptors (Lipinski definition) is 1. The van der Waals surface area contributed by atoms with Gasteiger partial charge in [0.1, 0.15) is 0 Å². The summed E-state index contributed by atoms with van der Waals surface area (Å²) in [5.74, 6) is 4.38. The van der Waals surface area contributed by atoms with Gasteiger partial charge in [-0.3, -0.25) is 0 Å². The molecule has 3 fully saturated rings. The summed E-state index contributed by atoms with van der Waals surface area (Å²) in [6.07, 6.45) is 5.14. The van der Waals surface area contributed by atoms with Crippen LogP contribution in [0.4, 0.5) is 0 Å². The van der Waals surface area contributed by atoms with Crippen molar-refractivity contribution in [3.8, 4) is 0 Å². The first kappa shape index (κ1) is 10.1. The molecule has 0 amide bonds. The van der Waals surface area contributed by atoms with Crippen molar-refractivity contribution in [1.29, 1.82) is 0 Å². The van der Waals surface area contributed by atoms with E-state index < -0.39 is 0 Å². The Balaban J connectivity index is 1.44. The fraction of sp³-hybridized carbons (Fsp3) is 0.625. The second-order valence-corrected chi connectivity index (χ2v) is 6.32. The molecule has 17 heavy (non-hydrogen) atoms. The highest BCUT2D eigenvalue weighted by molar-refractivity contribution is 5.19. The zero-order valence-electron chi connectivity index (χ0n) is 10.1. The van der Waals surface area contributed by atoms with E-state index in [0.717, 1.165) is 30.1 Å². The smallest absolute Gasteiger partial charge is 0.0614 e. The Morgan fingerprint density at radius 2 is 1.71 bits per heavy atom. The van der Waals surface area contributed by atoms with Gasteiger partial charge in [-0.05, 0) is 60.8 Å². The first-order chi connectivity index (χ1) is 8.34. The molecule has 5 unspecified atom stereocenters. The van der Waals surface area contributed by atoms with Crippen molar-refractivity contribution in [1.82, 2.24) is 0 Å². The second kappa shape index (κ2) is 3.58. The molecule has 3 saturated carbocycles. The minimum atomic E-state index is -0.0872. The molecule has 1 N–H and O–H groups in total. The van der Waals surface area contributed by atoms with Gasteiger partial charge in [-0.15, -0.1) is 0 Å². The second-order valence-electron chi connectivity index (χ2n) is 6.32. The van der Waals surface area contributed by atoms with Gasteiger partial charge in [-0.1, -0.05) is 30.3 Å². The van der Waals surface area contributed by atoms with E-state index in [0.29, 0.717) is 5.92 Å². The van der Waals surface area contributed by atoms with Crippen molar-refractivity contribution in [2.24, 2.45) is 29.6 Å². The van der Waals surface area contributed by atoms with E-state index in [4.69, 9.17) is 0 Å². The topological polar surface area (TPSA) is 20.2 Å². The van der Waals surface area contributed by atoms with E-state index in [9.17, 15) is 5.11 Å². The van der Waals surface area contributed by atoms with Crippen LogP contribution in [-0.4, -0.2) is 11.2 Å². The molecule has 3 aliphatic carbocycles. The molecule has 90 valence electrons. The van der Waals surface area contributed by atoms with Gasteiger partial charge in [0.15, 0.2) is 0 Å². The van der Waals surface area contributed by atoms with Crippen molar-refractivity contribution in [3.63, 3.8) is 0 Å². The third-order valence-electron chi connectivity index (χ3n) is 5.53. The van der Waals surface area contributed by atoms with E-state index in [1.165, 1.54) is 24.8 Å². The summed E-state index contributed by atoms with van der Waals surface area (Å²) in [6.45, 7) is 0. The van der Waals surface area contributed by atoms with Crippen LogP contribution in [0.5, 0.6) is 0 Å². The zero-order chi connectivity index (χ0) is 11.4. The Labute approximate surface area is 103 Å². The summed E-state index contributed by atoms with van der Waals surface area (Å²) < 4.78 is 0. The van der Waals surface area contributed by atoms with Crippen LogP contribution < -0.4 is 0 Å².